The number of hydroxylamine groups is 1. The Kier molecular flexibility index (Phi) is 5.96. The van der Waals surface area contributed by atoms with Crippen molar-refractivity contribution in [1.29, 1.82) is 0 Å². The van der Waals surface area contributed by atoms with Crippen LogP contribution >= 0.6 is 27.5 Å². The number of hydrogen-bond donors (Lipinski definition) is 0. The number of benzene rings is 3. The van der Waals surface area contributed by atoms with Gasteiger partial charge in [-0.1, -0.05) is 33.6 Å². The smallest absolute Gasteiger partial charge is 0.271 e. The summed E-state index contributed by atoms with van der Waals surface area (Å²) in [5.74, 6) is -1.44. The molecule has 2 fully saturated rings. The Balaban J connectivity index is 1.64. The number of carbonyl (C=O) groups excluding carboxylic acids is 2. The predicted octanol–water partition coefficient (Wildman–Crippen LogP) is 5.07. The van der Waals surface area contributed by atoms with Gasteiger partial charge in [-0.3, -0.25) is 24.5 Å². The summed E-state index contributed by atoms with van der Waals surface area (Å²) in [6, 6.07) is 16.7. The molecule has 0 saturated carbocycles. The maximum absolute atomic E-state index is 13.7. The summed E-state index contributed by atoms with van der Waals surface area (Å²) in [5, 5.41) is 13.2. The Morgan fingerprint density at radius 1 is 1.03 bits per heavy atom. The molecule has 9 nitrogen and oxygen atoms in total. The van der Waals surface area contributed by atoms with Gasteiger partial charge in [-0.2, -0.15) is 0 Å². The number of amides is 2. The lowest BCUT2D eigenvalue weighted by Crippen LogP contribution is -2.37. The highest BCUT2D eigenvalue weighted by Gasteiger charge is 2.60. The molecule has 3 aromatic carbocycles. The number of halogens is 2. The van der Waals surface area contributed by atoms with E-state index in [-0.39, 0.29) is 5.69 Å². The number of nitro benzene ring substituents is 1. The second-order valence-corrected chi connectivity index (χ2v) is 9.33. The quantitative estimate of drug-likeness (QED) is 0.245. The number of anilines is 2. The lowest BCUT2D eigenvalue weighted by molar-refractivity contribution is -0.384. The van der Waals surface area contributed by atoms with Crippen LogP contribution in [0.15, 0.2) is 71.2 Å². The maximum atomic E-state index is 13.7. The van der Waals surface area contributed by atoms with Gasteiger partial charge in [0, 0.05) is 27.2 Å². The van der Waals surface area contributed by atoms with Crippen LogP contribution in [0.2, 0.25) is 5.02 Å². The molecule has 35 heavy (non-hydrogen) atoms. The van der Waals surface area contributed by atoms with Crippen LogP contribution < -0.4 is 14.7 Å². The van der Waals surface area contributed by atoms with Gasteiger partial charge in [-0.05, 0) is 48.5 Å². The van der Waals surface area contributed by atoms with E-state index in [0.717, 1.165) is 9.37 Å². The van der Waals surface area contributed by atoms with Crippen molar-refractivity contribution in [3.63, 3.8) is 0 Å². The number of nitrogens with zero attached hydrogens (tertiary/aromatic N) is 3. The Morgan fingerprint density at radius 2 is 1.77 bits per heavy atom. The normalized spacial score (nSPS) is 21.4. The summed E-state index contributed by atoms with van der Waals surface area (Å²) in [5.41, 5.74) is 1.15. The standard InChI is InChI=1S/C24H17BrClN3O6/c1-34-19-10-5-13(25)11-18(19)21-20-22(35-28(21)16-3-2-4-17(12-16)29(32)33)24(31)27(23(20)30)15-8-6-14(26)7-9-15/h2-12,20-22H,1H3/t20-,21-,22-/m0/s1. The number of nitro groups is 1. The second kappa shape index (κ2) is 8.95. The molecule has 2 heterocycles. The first-order valence-corrected chi connectivity index (χ1v) is 11.6. The summed E-state index contributed by atoms with van der Waals surface area (Å²) in [6.07, 6.45) is -1.13. The molecular formula is C24H17BrClN3O6. The molecule has 178 valence electrons. The molecule has 11 heteroatoms. The zero-order valence-electron chi connectivity index (χ0n) is 18.1. The Bertz CT molecular complexity index is 1350. The molecule has 0 aliphatic carbocycles. The van der Waals surface area contributed by atoms with Crippen molar-refractivity contribution < 1.29 is 24.1 Å². The summed E-state index contributed by atoms with van der Waals surface area (Å²) in [6.45, 7) is 0. The molecular weight excluding hydrogens is 542 g/mol. The molecule has 2 saturated heterocycles. The van der Waals surface area contributed by atoms with E-state index in [2.05, 4.69) is 15.9 Å². The predicted molar refractivity (Wildman–Crippen MR) is 131 cm³/mol. The third-order valence-corrected chi connectivity index (χ3v) is 6.75. The molecule has 0 radical (unpaired) electrons. The number of fused-ring (bicyclic) bond motifs is 1. The van der Waals surface area contributed by atoms with Crippen LogP contribution in [-0.2, 0) is 14.4 Å². The minimum Gasteiger partial charge on any atom is -0.496 e. The van der Waals surface area contributed by atoms with E-state index in [1.54, 1.807) is 48.5 Å². The fraction of sp³-hybridized carbons (Fsp3) is 0.167. The van der Waals surface area contributed by atoms with E-state index in [4.69, 9.17) is 21.2 Å². The van der Waals surface area contributed by atoms with Crippen LogP contribution in [0.5, 0.6) is 5.75 Å². The van der Waals surface area contributed by atoms with E-state index in [1.807, 2.05) is 0 Å². The van der Waals surface area contributed by atoms with Gasteiger partial charge in [0.05, 0.1) is 29.4 Å². The lowest BCUT2D eigenvalue weighted by Gasteiger charge is -2.29. The molecule has 0 N–H and O–H groups in total. The van der Waals surface area contributed by atoms with Crippen molar-refractivity contribution >= 4 is 56.4 Å². The molecule has 2 amide bonds. The molecule has 0 spiro atoms. The molecule has 2 aliphatic heterocycles. The molecule has 0 unspecified atom stereocenters. The highest BCUT2D eigenvalue weighted by Crippen LogP contribution is 2.50. The van der Waals surface area contributed by atoms with E-state index < -0.39 is 34.8 Å². The maximum Gasteiger partial charge on any atom is 0.271 e. The molecule has 3 aromatic rings. The third kappa shape index (κ3) is 3.93. The van der Waals surface area contributed by atoms with Gasteiger partial charge < -0.3 is 4.74 Å². The molecule has 0 aromatic heterocycles. The number of imide groups is 1. The van der Waals surface area contributed by atoms with Crippen molar-refractivity contribution in [3.05, 3.63) is 91.9 Å². The third-order valence-electron chi connectivity index (χ3n) is 6.01. The van der Waals surface area contributed by atoms with E-state index in [0.29, 0.717) is 27.7 Å². The molecule has 5 rings (SSSR count). The van der Waals surface area contributed by atoms with Crippen LogP contribution in [0.1, 0.15) is 11.6 Å². The summed E-state index contributed by atoms with van der Waals surface area (Å²) in [4.78, 5) is 45.1. The van der Waals surface area contributed by atoms with Crippen molar-refractivity contribution in [2.75, 3.05) is 17.1 Å². The number of ether oxygens (including phenoxy) is 1. The Labute approximate surface area is 213 Å². The first-order chi connectivity index (χ1) is 16.8. The zero-order valence-corrected chi connectivity index (χ0v) is 20.5. The minimum atomic E-state index is -1.13. The Hall–Kier alpha value is -3.47. The SMILES string of the molecule is COc1ccc(Br)cc1[C@H]1[C@@H]2C(=O)N(c3ccc(Cl)cc3)C(=O)[C@H]2ON1c1cccc([N+](=O)[O-])c1. The van der Waals surface area contributed by atoms with E-state index in [9.17, 15) is 19.7 Å². The fourth-order valence-corrected chi connectivity index (χ4v) is 4.98. The largest absolute Gasteiger partial charge is 0.496 e. The Morgan fingerprint density at radius 3 is 2.46 bits per heavy atom. The van der Waals surface area contributed by atoms with Crippen molar-refractivity contribution in [3.8, 4) is 5.75 Å². The summed E-state index contributed by atoms with van der Waals surface area (Å²) >= 11 is 9.43. The molecule has 0 bridgehead atoms. The molecule has 2 aliphatic rings. The average Bonchev–Trinajstić information content (AvgIpc) is 3.36. The van der Waals surface area contributed by atoms with Gasteiger partial charge in [-0.15, -0.1) is 0 Å². The van der Waals surface area contributed by atoms with Crippen LogP contribution in [0.25, 0.3) is 0 Å². The number of rotatable bonds is 5. The van der Waals surface area contributed by atoms with E-state index >= 15 is 0 Å². The van der Waals surface area contributed by atoms with Crippen LogP contribution in [0, 0.1) is 16.0 Å². The van der Waals surface area contributed by atoms with Gasteiger partial charge in [0.25, 0.3) is 11.6 Å². The van der Waals surface area contributed by atoms with Crippen molar-refractivity contribution in [1.82, 2.24) is 0 Å². The zero-order chi connectivity index (χ0) is 24.9. The second-order valence-electron chi connectivity index (χ2n) is 7.97. The highest BCUT2D eigenvalue weighted by atomic mass is 79.9. The summed E-state index contributed by atoms with van der Waals surface area (Å²) in [7, 11) is 1.50. The van der Waals surface area contributed by atoms with E-state index in [1.165, 1.54) is 30.4 Å². The van der Waals surface area contributed by atoms with Gasteiger partial charge >= 0.3 is 0 Å². The van der Waals surface area contributed by atoms with Crippen molar-refractivity contribution in [2.45, 2.75) is 12.1 Å². The fourth-order valence-electron chi connectivity index (χ4n) is 4.48. The number of carbonyl (C=O) groups is 2. The van der Waals surface area contributed by atoms with Crippen molar-refractivity contribution in [2.24, 2.45) is 5.92 Å². The topological polar surface area (TPSA) is 102 Å². The number of non-ortho nitro benzene ring substituents is 1. The van der Waals surface area contributed by atoms with Gasteiger partial charge in [0.15, 0.2) is 6.10 Å². The van der Waals surface area contributed by atoms with Gasteiger partial charge in [-0.25, -0.2) is 9.96 Å². The number of methoxy groups -OCH3 is 1. The van der Waals surface area contributed by atoms with Crippen LogP contribution in [0.3, 0.4) is 0 Å². The van der Waals surface area contributed by atoms with Crippen LogP contribution in [-0.4, -0.2) is 30.0 Å². The first kappa shape index (κ1) is 23.3. The lowest BCUT2D eigenvalue weighted by atomic mass is 9.90. The molecule has 3 atom stereocenters. The first-order valence-electron chi connectivity index (χ1n) is 10.5. The number of hydrogen-bond acceptors (Lipinski definition) is 7. The van der Waals surface area contributed by atoms with Gasteiger partial charge in [0.2, 0.25) is 5.91 Å². The highest BCUT2D eigenvalue weighted by molar-refractivity contribution is 9.10. The average molecular weight is 559 g/mol. The van der Waals surface area contributed by atoms with Crippen LogP contribution in [0.4, 0.5) is 17.1 Å². The minimum absolute atomic E-state index is 0.149. The van der Waals surface area contributed by atoms with Gasteiger partial charge in [0.1, 0.15) is 11.7 Å². The monoisotopic (exact) mass is 557 g/mol. The summed E-state index contributed by atoms with van der Waals surface area (Å²) < 4.78 is 6.28.